The first kappa shape index (κ1) is 15.9. The summed E-state index contributed by atoms with van der Waals surface area (Å²) in [6.45, 7) is 1.35. The maximum atomic E-state index is 5.81. The third kappa shape index (κ3) is 2.39. The highest BCUT2D eigenvalue weighted by molar-refractivity contribution is 5.60. The Balaban J connectivity index is 1.48. The first-order chi connectivity index (χ1) is 13.2. The highest BCUT2D eigenvalue weighted by Gasteiger charge is 2.48. The zero-order valence-electron chi connectivity index (χ0n) is 15.0. The molecule has 1 aliphatic rings. The second-order valence-corrected chi connectivity index (χ2v) is 6.65. The number of benzene rings is 1. The first-order valence-electron chi connectivity index (χ1n) is 8.63. The Morgan fingerprint density at radius 1 is 1.04 bits per heavy atom. The minimum absolute atomic E-state index is 0.426. The van der Waals surface area contributed by atoms with Gasteiger partial charge in [0.2, 0.25) is 0 Å². The van der Waals surface area contributed by atoms with Gasteiger partial charge in [0, 0.05) is 19.7 Å². The van der Waals surface area contributed by atoms with E-state index < -0.39 is 5.60 Å². The molecule has 0 amide bonds. The molecule has 1 fully saturated rings. The molecule has 136 valence electrons. The van der Waals surface area contributed by atoms with Crippen molar-refractivity contribution >= 4 is 11.5 Å². The molecule has 0 atom stereocenters. The van der Waals surface area contributed by atoms with E-state index in [1.807, 2.05) is 49.5 Å². The third-order valence-electron chi connectivity index (χ3n) is 5.07. The van der Waals surface area contributed by atoms with Gasteiger partial charge in [-0.25, -0.2) is 4.68 Å². The lowest BCUT2D eigenvalue weighted by Gasteiger charge is -2.48. The third-order valence-corrected chi connectivity index (χ3v) is 5.07. The molecule has 9 heteroatoms. The Kier molecular flexibility index (Phi) is 3.44. The van der Waals surface area contributed by atoms with Gasteiger partial charge in [0.05, 0.1) is 25.0 Å². The summed E-state index contributed by atoms with van der Waals surface area (Å²) in [5, 5.41) is 21.3. The Bertz CT molecular complexity index is 1100. The van der Waals surface area contributed by atoms with E-state index in [-0.39, 0.29) is 0 Å². The number of rotatable bonds is 4. The zero-order chi connectivity index (χ0) is 18.4. The largest absolute Gasteiger partial charge is 0.368 e. The van der Waals surface area contributed by atoms with Crippen molar-refractivity contribution < 1.29 is 4.74 Å². The van der Waals surface area contributed by atoms with Crippen LogP contribution in [-0.2, 0) is 17.4 Å². The number of fused-ring (bicyclic) bond motifs is 1. The van der Waals surface area contributed by atoms with Crippen molar-refractivity contribution in [2.75, 3.05) is 25.1 Å². The van der Waals surface area contributed by atoms with Crippen LogP contribution in [0.1, 0.15) is 5.69 Å². The molecule has 4 heterocycles. The van der Waals surface area contributed by atoms with Crippen molar-refractivity contribution in [3.63, 3.8) is 0 Å². The Labute approximate surface area is 155 Å². The molecule has 4 aromatic rings. The topological polar surface area (TPSA) is 86.3 Å². The standard InChI is InChI=1S/C18H18N8O/c1-24-14(10-19-23-24)18(27-2)11-25(12-18)16-9-8-15-20-21-17(26(15)22-16)13-6-4-3-5-7-13/h3-10H,11-12H2,1-2H3. The van der Waals surface area contributed by atoms with Crippen LogP contribution in [0.5, 0.6) is 0 Å². The maximum absolute atomic E-state index is 5.81. The van der Waals surface area contributed by atoms with Crippen LogP contribution in [0, 0.1) is 0 Å². The average molecular weight is 362 g/mol. The summed E-state index contributed by atoms with van der Waals surface area (Å²) < 4.78 is 9.35. The lowest BCUT2D eigenvalue weighted by Crippen LogP contribution is -2.61. The van der Waals surface area contributed by atoms with Crippen molar-refractivity contribution in [2.45, 2.75) is 5.60 Å². The minimum atomic E-state index is -0.426. The van der Waals surface area contributed by atoms with E-state index in [0.717, 1.165) is 22.9 Å². The van der Waals surface area contributed by atoms with Crippen LogP contribution in [0.4, 0.5) is 5.82 Å². The highest BCUT2D eigenvalue weighted by Crippen LogP contribution is 2.37. The maximum Gasteiger partial charge on any atom is 0.185 e. The number of hydrogen-bond acceptors (Lipinski definition) is 7. The fraction of sp³-hybridized carbons (Fsp3) is 0.278. The normalized spacial score (nSPS) is 15.9. The molecule has 5 rings (SSSR count). The quantitative estimate of drug-likeness (QED) is 0.540. The minimum Gasteiger partial charge on any atom is -0.368 e. The van der Waals surface area contributed by atoms with Gasteiger partial charge in [0.1, 0.15) is 11.4 Å². The van der Waals surface area contributed by atoms with Crippen molar-refractivity contribution in [3.8, 4) is 11.4 Å². The van der Waals surface area contributed by atoms with E-state index in [2.05, 4.69) is 25.4 Å². The number of hydrogen-bond donors (Lipinski definition) is 0. The van der Waals surface area contributed by atoms with E-state index in [1.54, 1.807) is 22.5 Å². The molecule has 0 saturated carbocycles. The molecule has 1 saturated heterocycles. The number of anilines is 1. The zero-order valence-corrected chi connectivity index (χ0v) is 15.0. The summed E-state index contributed by atoms with van der Waals surface area (Å²) >= 11 is 0. The first-order valence-corrected chi connectivity index (χ1v) is 8.63. The number of methoxy groups -OCH3 is 1. The van der Waals surface area contributed by atoms with Crippen LogP contribution in [-0.4, -0.2) is 55.0 Å². The molecular weight excluding hydrogens is 344 g/mol. The lowest BCUT2D eigenvalue weighted by atomic mass is 9.90. The molecule has 3 aromatic heterocycles. The molecule has 1 aromatic carbocycles. The summed E-state index contributed by atoms with van der Waals surface area (Å²) in [4.78, 5) is 2.16. The SMILES string of the molecule is COC1(c2cnnn2C)CN(c2ccc3nnc(-c4ccccc4)n3n2)C1. The number of ether oxygens (including phenoxy) is 1. The van der Waals surface area contributed by atoms with Crippen LogP contribution in [0.3, 0.4) is 0 Å². The molecule has 1 aliphatic heterocycles. The molecule has 27 heavy (non-hydrogen) atoms. The van der Waals surface area contributed by atoms with Crippen LogP contribution in [0.2, 0.25) is 0 Å². The van der Waals surface area contributed by atoms with Gasteiger partial charge in [0.25, 0.3) is 0 Å². The molecule has 0 unspecified atom stereocenters. The predicted molar refractivity (Wildman–Crippen MR) is 98.1 cm³/mol. The fourth-order valence-electron chi connectivity index (χ4n) is 3.55. The van der Waals surface area contributed by atoms with Crippen molar-refractivity contribution in [3.05, 3.63) is 54.4 Å². The summed E-state index contributed by atoms with van der Waals surface area (Å²) in [5.41, 5.74) is 2.22. The molecule has 9 nitrogen and oxygen atoms in total. The van der Waals surface area contributed by atoms with Gasteiger partial charge >= 0.3 is 0 Å². The van der Waals surface area contributed by atoms with E-state index >= 15 is 0 Å². The summed E-state index contributed by atoms with van der Waals surface area (Å²) in [7, 11) is 3.59. The highest BCUT2D eigenvalue weighted by atomic mass is 16.5. The summed E-state index contributed by atoms with van der Waals surface area (Å²) in [6, 6.07) is 13.8. The Morgan fingerprint density at radius 2 is 1.85 bits per heavy atom. The molecule has 0 aliphatic carbocycles. The van der Waals surface area contributed by atoms with Gasteiger partial charge in [-0.1, -0.05) is 35.5 Å². The van der Waals surface area contributed by atoms with E-state index in [9.17, 15) is 0 Å². The van der Waals surface area contributed by atoms with Crippen LogP contribution in [0.25, 0.3) is 17.0 Å². The van der Waals surface area contributed by atoms with Gasteiger partial charge in [-0.05, 0) is 12.1 Å². The second kappa shape index (κ2) is 5.85. The molecule has 0 N–H and O–H groups in total. The number of nitrogens with zero attached hydrogens (tertiary/aromatic N) is 8. The van der Waals surface area contributed by atoms with Crippen molar-refractivity contribution in [1.29, 1.82) is 0 Å². The molecule has 0 radical (unpaired) electrons. The van der Waals surface area contributed by atoms with Crippen LogP contribution >= 0.6 is 0 Å². The van der Waals surface area contributed by atoms with Crippen LogP contribution < -0.4 is 4.90 Å². The lowest BCUT2D eigenvalue weighted by molar-refractivity contribution is -0.0448. The van der Waals surface area contributed by atoms with Gasteiger partial charge in [-0.15, -0.1) is 20.4 Å². The van der Waals surface area contributed by atoms with Gasteiger partial charge < -0.3 is 9.64 Å². The second-order valence-electron chi connectivity index (χ2n) is 6.65. The number of aromatic nitrogens is 7. The van der Waals surface area contributed by atoms with E-state index in [4.69, 9.17) is 9.84 Å². The number of aryl methyl sites for hydroxylation is 1. The van der Waals surface area contributed by atoms with Crippen molar-refractivity contribution in [1.82, 2.24) is 34.8 Å². The molecule has 0 spiro atoms. The molecular formula is C18H18N8O. The van der Waals surface area contributed by atoms with E-state index in [1.165, 1.54) is 0 Å². The van der Waals surface area contributed by atoms with Gasteiger partial charge in [-0.2, -0.15) is 4.52 Å². The smallest absolute Gasteiger partial charge is 0.185 e. The Morgan fingerprint density at radius 3 is 2.56 bits per heavy atom. The monoisotopic (exact) mass is 362 g/mol. The van der Waals surface area contributed by atoms with E-state index in [0.29, 0.717) is 18.7 Å². The summed E-state index contributed by atoms with van der Waals surface area (Å²) in [6.07, 6.45) is 1.75. The fourth-order valence-corrected chi connectivity index (χ4v) is 3.55. The average Bonchev–Trinajstić information content (AvgIpc) is 3.29. The predicted octanol–water partition coefficient (Wildman–Crippen LogP) is 1.28. The van der Waals surface area contributed by atoms with Crippen molar-refractivity contribution in [2.24, 2.45) is 7.05 Å². The van der Waals surface area contributed by atoms with Gasteiger partial charge in [-0.3, -0.25) is 0 Å². The van der Waals surface area contributed by atoms with Crippen LogP contribution in [0.15, 0.2) is 48.7 Å². The summed E-state index contributed by atoms with van der Waals surface area (Å²) in [5.74, 6) is 1.57. The molecule has 0 bridgehead atoms. The Hall–Kier alpha value is -3.33. The van der Waals surface area contributed by atoms with Gasteiger partial charge in [0.15, 0.2) is 11.5 Å².